The molecule has 0 amide bonds. The number of benzene rings is 1. The summed E-state index contributed by atoms with van der Waals surface area (Å²) in [6, 6.07) is 9.56. The normalized spacial score (nSPS) is 25.6. The lowest BCUT2D eigenvalue weighted by Crippen LogP contribution is -2.43. The Morgan fingerprint density at radius 1 is 1.47 bits per heavy atom. The van der Waals surface area contributed by atoms with E-state index in [1.807, 2.05) is 30.3 Å². The molecule has 1 aromatic carbocycles. The molecular formula is C19H21FN6O6. The van der Waals surface area contributed by atoms with Crippen molar-refractivity contribution in [3.63, 3.8) is 0 Å². The van der Waals surface area contributed by atoms with E-state index in [0.29, 0.717) is 0 Å². The van der Waals surface area contributed by atoms with Crippen LogP contribution in [0.5, 0.6) is 0 Å². The van der Waals surface area contributed by atoms with E-state index in [0.717, 1.165) is 16.3 Å². The van der Waals surface area contributed by atoms with Crippen LogP contribution < -0.4 is 11.0 Å². The predicted octanol–water partition coefficient (Wildman–Crippen LogP) is 0.666. The molecule has 1 unspecified atom stereocenters. The lowest BCUT2D eigenvalue weighted by Gasteiger charge is -2.23. The molecule has 3 N–H and O–H groups in total. The minimum Gasteiger partial charge on any atom is -0.467 e. The molecule has 2 heterocycles. The maximum absolute atomic E-state index is 14.6. The van der Waals surface area contributed by atoms with E-state index in [9.17, 15) is 24.2 Å². The summed E-state index contributed by atoms with van der Waals surface area (Å²) >= 11 is 0. The monoisotopic (exact) mass is 448 g/mol. The van der Waals surface area contributed by atoms with E-state index < -0.39 is 48.5 Å². The van der Waals surface area contributed by atoms with Gasteiger partial charge in [-0.15, -0.1) is 0 Å². The van der Waals surface area contributed by atoms with Gasteiger partial charge < -0.3 is 25.0 Å². The average molecular weight is 448 g/mol. The Morgan fingerprint density at radius 2 is 2.19 bits per heavy atom. The van der Waals surface area contributed by atoms with Crippen molar-refractivity contribution < 1.29 is 28.9 Å². The van der Waals surface area contributed by atoms with Gasteiger partial charge in [0.25, 0.3) is 0 Å². The summed E-state index contributed by atoms with van der Waals surface area (Å²) in [6.45, 7) is -1.00. The smallest absolute Gasteiger partial charge is 0.351 e. The number of methoxy groups -OCH3 is 1. The second-order valence-corrected chi connectivity index (χ2v) is 7.00. The van der Waals surface area contributed by atoms with E-state index in [1.54, 1.807) is 0 Å². The highest BCUT2D eigenvalue weighted by molar-refractivity contribution is 5.79. The average Bonchev–Trinajstić information content (AvgIpc) is 3.04. The molecular weight excluding hydrogens is 427 g/mol. The lowest BCUT2D eigenvalue weighted by molar-refractivity contribution is -0.141. The van der Waals surface area contributed by atoms with Crippen LogP contribution >= 0.6 is 0 Å². The third-order valence-corrected chi connectivity index (χ3v) is 5.00. The van der Waals surface area contributed by atoms with Gasteiger partial charge in [-0.05, 0) is 17.2 Å². The lowest BCUT2D eigenvalue weighted by atomic mass is 10.1. The van der Waals surface area contributed by atoms with Gasteiger partial charge in [-0.1, -0.05) is 35.4 Å². The standard InChI is InChI=1S/C19H21FN6O6/c1-31-17(29)12(9-11-5-3-2-4-6-11)22-13-7-8-26(18(30)23-13)16-14(20)15(28)19(10-27,32-16)24-25-21/h2-8,12,14-16,27-28H,9-10H2,1H3,(H,22,23,30)/t12-,14-,15?,16+,19+/m0/s1. The van der Waals surface area contributed by atoms with Gasteiger partial charge >= 0.3 is 11.7 Å². The van der Waals surface area contributed by atoms with Crippen molar-refractivity contribution in [1.29, 1.82) is 0 Å². The van der Waals surface area contributed by atoms with Crippen molar-refractivity contribution in [3.8, 4) is 0 Å². The molecule has 0 radical (unpaired) electrons. The number of nitrogens with zero attached hydrogens (tertiary/aromatic N) is 5. The summed E-state index contributed by atoms with van der Waals surface area (Å²) in [6.07, 6.45) is -4.49. The summed E-state index contributed by atoms with van der Waals surface area (Å²) in [7, 11) is 1.23. The van der Waals surface area contributed by atoms with Crippen LogP contribution in [0.25, 0.3) is 10.4 Å². The molecule has 5 atom stereocenters. The van der Waals surface area contributed by atoms with Crippen LogP contribution in [-0.2, 0) is 20.7 Å². The zero-order valence-corrected chi connectivity index (χ0v) is 16.9. The number of hydrogen-bond acceptors (Lipinski definition) is 9. The fourth-order valence-corrected chi connectivity index (χ4v) is 3.33. The summed E-state index contributed by atoms with van der Waals surface area (Å²) in [5.74, 6) is -0.553. The van der Waals surface area contributed by atoms with E-state index in [1.165, 1.54) is 13.2 Å². The van der Waals surface area contributed by atoms with Crippen molar-refractivity contribution in [2.24, 2.45) is 5.11 Å². The minimum atomic E-state index is -2.28. The molecule has 1 aliphatic heterocycles. The van der Waals surface area contributed by atoms with Gasteiger partial charge in [0.05, 0.1) is 13.7 Å². The fraction of sp³-hybridized carbons (Fsp3) is 0.421. The van der Waals surface area contributed by atoms with E-state index in [-0.39, 0.29) is 12.2 Å². The maximum Gasteiger partial charge on any atom is 0.351 e. The summed E-state index contributed by atoms with van der Waals surface area (Å²) < 4.78 is 25.4. The molecule has 1 aliphatic rings. The van der Waals surface area contributed by atoms with Gasteiger partial charge in [0, 0.05) is 17.5 Å². The third kappa shape index (κ3) is 4.55. The molecule has 0 aliphatic carbocycles. The summed E-state index contributed by atoms with van der Waals surface area (Å²) in [4.78, 5) is 30.9. The van der Waals surface area contributed by atoms with E-state index in [2.05, 4.69) is 20.3 Å². The number of aromatic nitrogens is 2. The Balaban J connectivity index is 1.83. The molecule has 1 fully saturated rings. The highest BCUT2D eigenvalue weighted by Crippen LogP contribution is 2.39. The number of aliphatic hydroxyl groups is 2. The number of azide groups is 1. The molecule has 32 heavy (non-hydrogen) atoms. The molecule has 170 valence electrons. The van der Waals surface area contributed by atoms with Crippen LogP contribution in [0.4, 0.5) is 10.2 Å². The number of hydrogen-bond donors (Lipinski definition) is 3. The molecule has 0 spiro atoms. The number of alkyl halides is 1. The SMILES string of the molecule is COC(=O)[C@H](Cc1ccccc1)Nc1ccn([C@@H]2O[C@@](CO)(N=[N+]=[N-])C(O)[C@@H]2F)c(=O)n1. The Hall–Kier alpha value is -3.51. The van der Waals surface area contributed by atoms with Gasteiger partial charge in [0.1, 0.15) is 18.0 Å². The number of halogens is 1. The van der Waals surface area contributed by atoms with Crippen molar-refractivity contribution in [2.45, 2.75) is 36.7 Å². The molecule has 2 aromatic rings. The van der Waals surface area contributed by atoms with Gasteiger partial charge in [-0.25, -0.2) is 14.0 Å². The van der Waals surface area contributed by atoms with Gasteiger partial charge in [0.2, 0.25) is 5.72 Å². The maximum atomic E-state index is 14.6. The quantitative estimate of drug-likeness (QED) is 0.229. The van der Waals surface area contributed by atoms with Gasteiger partial charge in [0.15, 0.2) is 12.4 Å². The Labute approximate surface area is 180 Å². The molecule has 12 nitrogen and oxygen atoms in total. The number of nitrogens with one attached hydrogen (secondary N) is 1. The Kier molecular flexibility index (Phi) is 7.05. The van der Waals surface area contributed by atoms with Crippen molar-refractivity contribution in [2.75, 3.05) is 19.0 Å². The van der Waals surface area contributed by atoms with Crippen molar-refractivity contribution in [3.05, 3.63) is 69.1 Å². The largest absolute Gasteiger partial charge is 0.467 e. The molecule has 0 bridgehead atoms. The first-order valence-electron chi connectivity index (χ1n) is 9.49. The predicted molar refractivity (Wildman–Crippen MR) is 108 cm³/mol. The molecule has 3 rings (SSSR count). The fourth-order valence-electron chi connectivity index (χ4n) is 3.33. The van der Waals surface area contributed by atoms with Gasteiger partial charge in [-0.2, -0.15) is 4.98 Å². The first-order valence-corrected chi connectivity index (χ1v) is 9.49. The van der Waals surface area contributed by atoms with Crippen molar-refractivity contribution in [1.82, 2.24) is 9.55 Å². The number of anilines is 1. The summed E-state index contributed by atoms with van der Waals surface area (Å²) in [5, 5.41) is 25.4. The van der Waals surface area contributed by atoms with Crippen LogP contribution in [0.3, 0.4) is 0 Å². The molecule has 1 aromatic heterocycles. The van der Waals surface area contributed by atoms with Crippen LogP contribution in [0, 0.1) is 0 Å². The highest BCUT2D eigenvalue weighted by Gasteiger charge is 2.56. The van der Waals surface area contributed by atoms with Crippen LogP contribution in [0.2, 0.25) is 0 Å². The highest BCUT2D eigenvalue weighted by atomic mass is 19.1. The van der Waals surface area contributed by atoms with Crippen LogP contribution in [0.1, 0.15) is 11.8 Å². The second kappa shape index (κ2) is 9.75. The zero-order chi connectivity index (χ0) is 23.3. The minimum absolute atomic E-state index is 0.0231. The number of carbonyl (C=O) groups excluding carboxylic acids is 1. The third-order valence-electron chi connectivity index (χ3n) is 5.00. The Morgan fingerprint density at radius 3 is 2.78 bits per heavy atom. The van der Waals surface area contributed by atoms with E-state index in [4.69, 9.17) is 15.0 Å². The summed E-state index contributed by atoms with van der Waals surface area (Å²) in [5.41, 5.74) is 6.24. The van der Waals surface area contributed by atoms with Crippen LogP contribution in [0.15, 0.2) is 52.5 Å². The first-order chi connectivity index (χ1) is 15.3. The molecule has 1 saturated heterocycles. The molecule has 13 heteroatoms. The van der Waals surface area contributed by atoms with Gasteiger partial charge in [-0.3, -0.25) is 4.57 Å². The number of rotatable bonds is 8. The number of carbonyl (C=O) groups is 1. The second-order valence-electron chi connectivity index (χ2n) is 7.00. The number of ether oxygens (including phenoxy) is 2. The number of aliphatic hydroxyl groups excluding tert-OH is 2. The zero-order valence-electron chi connectivity index (χ0n) is 16.9. The Bertz CT molecular complexity index is 1060. The van der Waals surface area contributed by atoms with Crippen molar-refractivity contribution >= 4 is 11.8 Å². The number of esters is 1. The molecule has 0 saturated carbocycles. The first kappa shape index (κ1) is 23.2. The topological polar surface area (TPSA) is 172 Å². The van der Waals surface area contributed by atoms with E-state index >= 15 is 0 Å². The van der Waals surface area contributed by atoms with Crippen LogP contribution in [-0.4, -0.2) is 63.5 Å².